The Morgan fingerprint density at radius 1 is 1.15 bits per heavy atom. The molecule has 6 heteroatoms. The van der Waals surface area contributed by atoms with Gasteiger partial charge in [-0.05, 0) is 37.4 Å². The van der Waals surface area contributed by atoms with Crippen LogP contribution >= 0.6 is 24.0 Å². The standard InChI is InChI=1S/C14H17ClN2O.ClH.H2O/c1-3-17(4-2)10-14-16-9-13(18-14)11-5-7-12(15)8-6-11;;/h5-9H,3-4,10H2,1-2H3;1H;1H2. The van der Waals surface area contributed by atoms with Gasteiger partial charge in [-0.3, -0.25) is 4.90 Å². The Hall–Kier alpha value is -1.07. The fraction of sp³-hybridized carbons (Fsp3) is 0.357. The number of hydrogen-bond donors (Lipinski definition) is 0. The number of aromatic nitrogens is 1. The van der Waals surface area contributed by atoms with Crippen LogP contribution in [-0.4, -0.2) is 28.4 Å². The number of nitrogens with zero attached hydrogens (tertiary/aromatic N) is 2. The lowest BCUT2D eigenvalue weighted by Gasteiger charge is -2.14. The van der Waals surface area contributed by atoms with Crippen molar-refractivity contribution in [2.45, 2.75) is 20.4 Å². The third-order valence-corrected chi connectivity index (χ3v) is 3.19. The van der Waals surface area contributed by atoms with Gasteiger partial charge in [-0.25, -0.2) is 4.98 Å². The van der Waals surface area contributed by atoms with Crippen molar-refractivity contribution in [1.82, 2.24) is 9.88 Å². The van der Waals surface area contributed by atoms with E-state index < -0.39 is 0 Å². The molecule has 2 N–H and O–H groups in total. The second kappa shape index (κ2) is 8.97. The Bertz CT molecular complexity index is 496. The van der Waals surface area contributed by atoms with Crippen LogP contribution in [0.3, 0.4) is 0 Å². The Kier molecular flexibility index (Phi) is 8.49. The highest BCUT2D eigenvalue weighted by molar-refractivity contribution is 6.30. The van der Waals surface area contributed by atoms with Crippen molar-refractivity contribution < 1.29 is 9.89 Å². The van der Waals surface area contributed by atoms with Crippen LogP contribution in [0.25, 0.3) is 11.3 Å². The summed E-state index contributed by atoms with van der Waals surface area (Å²) in [6.07, 6.45) is 1.77. The zero-order chi connectivity index (χ0) is 13.0. The lowest BCUT2D eigenvalue weighted by molar-refractivity contribution is 0.264. The van der Waals surface area contributed by atoms with Crippen LogP contribution in [0.5, 0.6) is 0 Å². The van der Waals surface area contributed by atoms with E-state index in [1.807, 2.05) is 24.3 Å². The molecular formula is C14H20Cl2N2O2. The monoisotopic (exact) mass is 318 g/mol. The molecule has 0 amide bonds. The second-order valence-corrected chi connectivity index (χ2v) is 4.52. The first-order valence-corrected chi connectivity index (χ1v) is 6.53. The molecule has 112 valence electrons. The molecule has 1 aromatic carbocycles. The molecule has 2 rings (SSSR count). The van der Waals surface area contributed by atoms with E-state index in [1.54, 1.807) is 6.20 Å². The fourth-order valence-electron chi connectivity index (χ4n) is 1.77. The van der Waals surface area contributed by atoms with Crippen LogP contribution in [0.4, 0.5) is 0 Å². The molecule has 0 aliphatic rings. The summed E-state index contributed by atoms with van der Waals surface area (Å²) in [4.78, 5) is 6.57. The van der Waals surface area contributed by atoms with E-state index in [9.17, 15) is 0 Å². The van der Waals surface area contributed by atoms with Gasteiger partial charge in [0.2, 0.25) is 5.89 Å². The van der Waals surface area contributed by atoms with Gasteiger partial charge in [0.15, 0.2) is 5.76 Å². The first-order valence-electron chi connectivity index (χ1n) is 6.16. The van der Waals surface area contributed by atoms with Crippen molar-refractivity contribution in [3.63, 3.8) is 0 Å². The third kappa shape index (κ3) is 4.80. The topological polar surface area (TPSA) is 60.8 Å². The summed E-state index contributed by atoms with van der Waals surface area (Å²) in [5.74, 6) is 1.54. The van der Waals surface area contributed by atoms with Crippen LogP contribution < -0.4 is 0 Å². The molecule has 0 spiro atoms. The van der Waals surface area contributed by atoms with Gasteiger partial charge in [0.05, 0.1) is 12.7 Å². The van der Waals surface area contributed by atoms with Crippen molar-refractivity contribution in [2.24, 2.45) is 0 Å². The summed E-state index contributed by atoms with van der Waals surface area (Å²) in [6.45, 7) is 7.00. The number of benzene rings is 1. The summed E-state index contributed by atoms with van der Waals surface area (Å²) in [6, 6.07) is 7.57. The number of rotatable bonds is 5. The minimum atomic E-state index is 0. The van der Waals surface area contributed by atoms with E-state index in [4.69, 9.17) is 16.0 Å². The molecule has 0 saturated heterocycles. The summed E-state index contributed by atoms with van der Waals surface area (Å²) >= 11 is 5.86. The smallest absolute Gasteiger partial charge is 0.209 e. The SMILES string of the molecule is CCN(CC)Cc1ncc(-c2ccc(Cl)cc2)o1.Cl.O. The Balaban J connectivity index is 0.00000180. The highest BCUT2D eigenvalue weighted by Gasteiger charge is 2.09. The molecule has 2 aromatic rings. The third-order valence-electron chi connectivity index (χ3n) is 2.94. The summed E-state index contributed by atoms with van der Waals surface area (Å²) < 4.78 is 5.75. The highest BCUT2D eigenvalue weighted by Crippen LogP contribution is 2.22. The average molecular weight is 319 g/mol. The molecule has 0 aliphatic carbocycles. The molecule has 0 saturated carbocycles. The molecule has 1 heterocycles. The minimum absolute atomic E-state index is 0. The van der Waals surface area contributed by atoms with Crippen molar-refractivity contribution >= 4 is 24.0 Å². The van der Waals surface area contributed by atoms with E-state index in [0.717, 1.165) is 41.9 Å². The molecule has 1 aromatic heterocycles. The summed E-state index contributed by atoms with van der Waals surface area (Å²) in [5.41, 5.74) is 0.998. The largest absolute Gasteiger partial charge is 0.439 e. The van der Waals surface area contributed by atoms with Crippen LogP contribution in [0.1, 0.15) is 19.7 Å². The van der Waals surface area contributed by atoms with Crippen molar-refractivity contribution in [3.8, 4) is 11.3 Å². The van der Waals surface area contributed by atoms with Crippen molar-refractivity contribution in [2.75, 3.05) is 13.1 Å². The molecule has 0 unspecified atom stereocenters. The maximum Gasteiger partial charge on any atom is 0.209 e. The zero-order valence-corrected chi connectivity index (χ0v) is 13.2. The first-order chi connectivity index (χ1) is 8.72. The molecule has 0 atom stereocenters. The maximum absolute atomic E-state index is 5.86. The van der Waals surface area contributed by atoms with Crippen LogP contribution in [-0.2, 0) is 6.54 Å². The van der Waals surface area contributed by atoms with E-state index >= 15 is 0 Å². The molecule has 0 bridgehead atoms. The van der Waals surface area contributed by atoms with Crippen LogP contribution in [0.2, 0.25) is 5.02 Å². The summed E-state index contributed by atoms with van der Waals surface area (Å²) in [5, 5.41) is 0.724. The molecule has 0 aliphatic heterocycles. The van der Waals surface area contributed by atoms with Gasteiger partial charge in [-0.15, -0.1) is 12.4 Å². The first kappa shape index (κ1) is 18.9. The summed E-state index contributed by atoms with van der Waals surface area (Å²) in [7, 11) is 0. The predicted molar refractivity (Wildman–Crippen MR) is 84.4 cm³/mol. The van der Waals surface area contributed by atoms with Crippen LogP contribution in [0, 0.1) is 0 Å². The van der Waals surface area contributed by atoms with E-state index in [-0.39, 0.29) is 17.9 Å². The van der Waals surface area contributed by atoms with E-state index in [1.165, 1.54) is 0 Å². The molecular weight excluding hydrogens is 299 g/mol. The lowest BCUT2D eigenvalue weighted by Crippen LogP contribution is -2.22. The van der Waals surface area contributed by atoms with Gasteiger partial charge < -0.3 is 9.89 Å². The zero-order valence-electron chi connectivity index (χ0n) is 11.6. The number of hydrogen-bond acceptors (Lipinski definition) is 3. The van der Waals surface area contributed by atoms with E-state index in [2.05, 4.69) is 23.7 Å². The van der Waals surface area contributed by atoms with Gasteiger partial charge in [0.1, 0.15) is 0 Å². The minimum Gasteiger partial charge on any atom is -0.439 e. The Morgan fingerprint density at radius 2 is 1.75 bits per heavy atom. The number of oxazole rings is 1. The van der Waals surface area contributed by atoms with Gasteiger partial charge >= 0.3 is 0 Å². The Morgan fingerprint density at radius 3 is 2.30 bits per heavy atom. The quantitative estimate of drug-likeness (QED) is 0.848. The predicted octanol–water partition coefficient (Wildman–Crippen LogP) is 3.43. The molecule has 0 radical (unpaired) electrons. The van der Waals surface area contributed by atoms with Gasteiger partial charge in [0, 0.05) is 10.6 Å². The highest BCUT2D eigenvalue weighted by atomic mass is 35.5. The number of halogens is 2. The van der Waals surface area contributed by atoms with Crippen LogP contribution in [0.15, 0.2) is 34.9 Å². The van der Waals surface area contributed by atoms with Crippen molar-refractivity contribution in [3.05, 3.63) is 41.4 Å². The van der Waals surface area contributed by atoms with Gasteiger partial charge in [-0.2, -0.15) is 0 Å². The molecule has 20 heavy (non-hydrogen) atoms. The fourth-order valence-corrected chi connectivity index (χ4v) is 1.90. The average Bonchev–Trinajstić information content (AvgIpc) is 2.85. The van der Waals surface area contributed by atoms with E-state index in [0.29, 0.717) is 0 Å². The second-order valence-electron chi connectivity index (χ2n) is 4.09. The molecule has 4 nitrogen and oxygen atoms in total. The maximum atomic E-state index is 5.86. The van der Waals surface area contributed by atoms with Crippen molar-refractivity contribution in [1.29, 1.82) is 0 Å². The lowest BCUT2D eigenvalue weighted by atomic mass is 10.2. The normalized spacial score (nSPS) is 10.0. The Labute approximate surface area is 130 Å². The molecule has 0 fully saturated rings. The van der Waals surface area contributed by atoms with Gasteiger partial charge in [-0.1, -0.05) is 25.4 Å². The van der Waals surface area contributed by atoms with Gasteiger partial charge in [0.25, 0.3) is 0 Å².